The van der Waals surface area contributed by atoms with E-state index >= 15 is 0 Å². The second-order valence-corrected chi connectivity index (χ2v) is 12.6. The Morgan fingerprint density at radius 3 is 2.00 bits per heavy atom. The Morgan fingerprint density at radius 1 is 0.867 bits per heavy atom. The van der Waals surface area contributed by atoms with Gasteiger partial charge in [-0.2, -0.15) is 17.0 Å². The predicted octanol–water partition coefficient (Wildman–Crippen LogP) is 2.65. The van der Waals surface area contributed by atoms with Crippen molar-refractivity contribution >= 4 is 16.2 Å². The van der Waals surface area contributed by atoms with Crippen molar-refractivity contribution in [3.05, 3.63) is 0 Å². The van der Waals surface area contributed by atoms with Gasteiger partial charge in [-0.1, -0.05) is 19.3 Å². The van der Waals surface area contributed by atoms with Gasteiger partial charge in [-0.3, -0.25) is 0 Å². The lowest BCUT2D eigenvalue weighted by Crippen LogP contribution is -2.61. The third-order valence-electron chi connectivity index (χ3n) is 8.82. The van der Waals surface area contributed by atoms with Crippen molar-refractivity contribution in [1.82, 2.24) is 18.8 Å². The van der Waals surface area contributed by atoms with Crippen molar-refractivity contribution in [2.24, 2.45) is 23.7 Å². The quantitative estimate of drug-likeness (QED) is 0.733. The summed E-state index contributed by atoms with van der Waals surface area (Å²) >= 11 is 0. The molecule has 1 heterocycles. The van der Waals surface area contributed by atoms with Crippen molar-refractivity contribution in [2.45, 2.75) is 76.3 Å². The number of hydrogen-bond donors (Lipinski definition) is 1. The number of nitrogens with one attached hydrogen (secondary N) is 1. The second-order valence-electron chi connectivity index (χ2n) is 10.6. The molecule has 30 heavy (non-hydrogen) atoms. The number of nitrogens with zero attached hydrogens (tertiary/aromatic N) is 3. The highest BCUT2D eigenvalue weighted by atomic mass is 32.2. The minimum Gasteiger partial charge on any atom is -0.335 e. The first-order chi connectivity index (χ1) is 14.4. The van der Waals surface area contributed by atoms with E-state index in [1.54, 1.807) is 15.7 Å². The fourth-order valence-corrected chi connectivity index (χ4v) is 8.91. The number of rotatable bonds is 4. The fraction of sp³-hybridized carbons (Fsp3) is 0.955. The van der Waals surface area contributed by atoms with Crippen molar-refractivity contribution < 1.29 is 13.2 Å². The maximum Gasteiger partial charge on any atom is 0.317 e. The highest BCUT2D eigenvalue weighted by molar-refractivity contribution is 7.86. The van der Waals surface area contributed by atoms with E-state index < -0.39 is 10.2 Å². The molecular formula is C22H38N4O3S. The van der Waals surface area contributed by atoms with Gasteiger partial charge in [0.1, 0.15) is 0 Å². The summed E-state index contributed by atoms with van der Waals surface area (Å²) in [4.78, 5) is 14.8. The molecule has 2 amide bonds. The largest absolute Gasteiger partial charge is 0.335 e. The minimum atomic E-state index is -3.44. The number of carbonyl (C=O) groups excluding carboxylic acids is 1. The Morgan fingerprint density at radius 2 is 1.43 bits per heavy atom. The van der Waals surface area contributed by atoms with E-state index in [4.69, 9.17) is 0 Å². The van der Waals surface area contributed by atoms with Gasteiger partial charge >= 0.3 is 6.03 Å². The molecule has 0 aromatic rings. The van der Waals surface area contributed by atoms with E-state index in [0.717, 1.165) is 37.5 Å². The summed E-state index contributed by atoms with van der Waals surface area (Å²) in [5.74, 6) is 3.12. The average Bonchev–Trinajstić information content (AvgIpc) is 2.75. The zero-order valence-corrected chi connectivity index (χ0v) is 19.2. The first kappa shape index (κ1) is 21.0. The van der Waals surface area contributed by atoms with Crippen LogP contribution in [0.3, 0.4) is 0 Å². The average molecular weight is 439 g/mol. The van der Waals surface area contributed by atoms with E-state index in [0.29, 0.717) is 44.1 Å². The lowest BCUT2D eigenvalue weighted by atomic mass is 9.54. The van der Waals surface area contributed by atoms with Crippen LogP contribution in [0.1, 0.15) is 64.2 Å². The van der Waals surface area contributed by atoms with Crippen LogP contribution >= 0.6 is 0 Å². The van der Waals surface area contributed by atoms with Gasteiger partial charge < -0.3 is 10.2 Å². The first-order valence-electron chi connectivity index (χ1n) is 12.2. The molecule has 6 rings (SSSR count). The monoisotopic (exact) mass is 438 g/mol. The SMILES string of the molecule is CN(C1CCCCC1)S(=O)(=O)N1CCN(C(=O)NC2C3CC4CC(C3)CC2C4)CC1. The maximum atomic E-state index is 13.1. The summed E-state index contributed by atoms with van der Waals surface area (Å²) in [6.07, 6.45) is 11.9. The highest BCUT2D eigenvalue weighted by Crippen LogP contribution is 2.53. The lowest BCUT2D eigenvalue weighted by Gasteiger charge is -2.54. The molecule has 7 nitrogen and oxygen atoms in total. The van der Waals surface area contributed by atoms with Gasteiger partial charge in [0.25, 0.3) is 10.2 Å². The zero-order chi connectivity index (χ0) is 20.9. The van der Waals surface area contributed by atoms with Crippen LogP contribution in [0.2, 0.25) is 0 Å². The van der Waals surface area contributed by atoms with Gasteiger partial charge in [0, 0.05) is 45.3 Å². The molecule has 4 bridgehead atoms. The molecule has 6 fully saturated rings. The zero-order valence-electron chi connectivity index (χ0n) is 18.3. The smallest absolute Gasteiger partial charge is 0.317 e. The topological polar surface area (TPSA) is 73.0 Å². The van der Waals surface area contributed by atoms with Crippen LogP contribution < -0.4 is 5.32 Å². The summed E-state index contributed by atoms with van der Waals surface area (Å²) in [5.41, 5.74) is 0. The van der Waals surface area contributed by atoms with Gasteiger partial charge in [0.05, 0.1) is 0 Å². The number of hydrogen-bond acceptors (Lipinski definition) is 3. The molecule has 1 aliphatic heterocycles. The van der Waals surface area contributed by atoms with Crippen LogP contribution in [0.25, 0.3) is 0 Å². The third-order valence-corrected chi connectivity index (χ3v) is 10.9. The van der Waals surface area contributed by atoms with Crippen LogP contribution in [-0.2, 0) is 10.2 Å². The molecule has 0 unspecified atom stereocenters. The normalized spacial score (nSPS) is 37.7. The van der Waals surface area contributed by atoms with Crippen LogP contribution in [0.4, 0.5) is 4.79 Å². The number of amides is 2. The standard InChI is InChI=1S/C22H38N4O3S/c1-24(20-5-3-2-4-6-20)30(28,29)26-9-7-25(8-10-26)22(27)23-21-18-12-16-11-17(14-18)15-19(21)13-16/h16-21H,2-15H2,1H3,(H,23,27). The summed E-state index contributed by atoms with van der Waals surface area (Å²) in [7, 11) is -1.71. The summed E-state index contributed by atoms with van der Waals surface area (Å²) in [6.45, 7) is 1.76. The molecule has 0 atom stereocenters. The van der Waals surface area contributed by atoms with E-state index in [1.807, 2.05) is 4.90 Å². The molecule has 5 saturated carbocycles. The Bertz CT molecular complexity index is 715. The van der Waals surface area contributed by atoms with E-state index in [2.05, 4.69) is 5.32 Å². The molecular weight excluding hydrogens is 400 g/mol. The van der Waals surface area contributed by atoms with Crippen LogP contribution in [0.5, 0.6) is 0 Å². The molecule has 8 heteroatoms. The molecule has 0 spiro atoms. The summed E-state index contributed by atoms with van der Waals surface area (Å²) < 4.78 is 29.3. The van der Waals surface area contributed by atoms with Crippen molar-refractivity contribution in [1.29, 1.82) is 0 Å². The maximum absolute atomic E-state index is 13.1. The van der Waals surface area contributed by atoms with Crippen molar-refractivity contribution in [3.63, 3.8) is 0 Å². The van der Waals surface area contributed by atoms with Crippen molar-refractivity contribution in [2.75, 3.05) is 33.2 Å². The van der Waals surface area contributed by atoms with Crippen LogP contribution in [-0.4, -0.2) is 73.3 Å². The Labute approximate surface area is 181 Å². The van der Waals surface area contributed by atoms with Gasteiger partial charge in [0.2, 0.25) is 0 Å². The van der Waals surface area contributed by atoms with Gasteiger partial charge in [-0.15, -0.1) is 0 Å². The highest BCUT2D eigenvalue weighted by Gasteiger charge is 2.49. The first-order valence-corrected chi connectivity index (χ1v) is 13.6. The summed E-state index contributed by atoms with van der Waals surface area (Å²) in [5, 5.41) is 3.37. The van der Waals surface area contributed by atoms with Gasteiger partial charge in [0.15, 0.2) is 0 Å². The minimum absolute atomic E-state index is 0.0187. The molecule has 0 aromatic carbocycles. The van der Waals surface area contributed by atoms with Crippen LogP contribution in [0.15, 0.2) is 0 Å². The van der Waals surface area contributed by atoms with Crippen LogP contribution in [0, 0.1) is 23.7 Å². The molecule has 0 aromatic heterocycles. The molecule has 6 aliphatic rings. The molecule has 170 valence electrons. The third kappa shape index (κ3) is 3.88. The lowest BCUT2D eigenvalue weighted by molar-refractivity contribution is -0.0113. The predicted molar refractivity (Wildman–Crippen MR) is 116 cm³/mol. The Hall–Kier alpha value is -0.860. The molecule has 1 saturated heterocycles. The Kier molecular flexibility index (Phi) is 5.77. The second kappa shape index (κ2) is 8.24. The van der Waals surface area contributed by atoms with E-state index in [-0.39, 0.29) is 12.1 Å². The summed E-state index contributed by atoms with van der Waals surface area (Å²) in [6, 6.07) is 0.483. The van der Waals surface area contributed by atoms with E-state index in [9.17, 15) is 13.2 Å². The molecule has 1 N–H and O–H groups in total. The van der Waals surface area contributed by atoms with Gasteiger partial charge in [-0.25, -0.2) is 4.79 Å². The van der Waals surface area contributed by atoms with Gasteiger partial charge in [-0.05, 0) is 68.6 Å². The molecule has 5 aliphatic carbocycles. The number of carbonyl (C=O) groups is 1. The molecule has 0 radical (unpaired) electrons. The van der Waals surface area contributed by atoms with E-state index in [1.165, 1.54) is 38.5 Å². The number of urea groups is 1. The van der Waals surface area contributed by atoms with Crippen molar-refractivity contribution in [3.8, 4) is 0 Å². The fourth-order valence-electron chi connectivity index (χ4n) is 7.33. The Balaban J connectivity index is 1.14. The number of piperazine rings is 1.